The van der Waals surface area contributed by atoms with E-state index in [1.165, 1.54) is 36.3 Å². The van der Waals surface area contributed by atoms with Crippen molar-refractivity contribution in [1.82, 2.24) is 19.9 Å². The van der Waals surface area contributed by atoms with Crippen molar-refractivity contribution in [2.24, 2.45) is 0 Å². The Labute approximate surface area is 207 Å². The third-order valence-corrected chi connectivity index (χ3v) is 6.17. The third kappa shape index (κ3) is 6.04. The zero-order valence-corrected chi connectivity index (χ0v) is 20.1. The average Bonchev–Trinajstić information content (AvgIpc) is 3.37. The number of carbonyl (C=O) groups excluding carboxylic acids is 2. The minimum Gasteiger partial charge on any atom is -0.383 e. The molecule has 4 rings (SSSR count). The van der Waals surface area contributed by atoms with E-state index < -0.39 is 5.82 Å². The summed E-state index contributed by atoms with van der Waals surface area (Å²) in [6.07, 6.45) is 2.43. The lowest BCUT2D eigenvalue weighted by Gasteiger charge is -2.35. The van der Waals surface area contributed by atoms with E-state index >= 15 is 0 Å². The van der Waals surface area contributed by atoms with Crippen molar-refractivity contribution in [3.8, 4) is 11.4 Å². The zero-order chi connectivity index (χ0) is 24.8. The Balaban J connectivity index is 1.51. The number of piperidine rings is 1. The standard InChI is InChI=1S/C25H26ClFN4O4/c1-34-15-14-30(25(33)18-7-11-20(27)12-8-18)16-22(32)31-13-3-2-4-21(31)24-28-23(29-35-24)17-5-9-19(26)10-6-17/h5-12,21H,2-4,13-16H2,1H3. The molecule has 2 aromatic carbocycles. The highest BCUT2D eigenvalue weighted by Crippen LogP contribution is 2.31. The Morgan fingerprint density at radius 1 is 1.17 bits per heavy atom. The molecule has 0 saturated carbocycles. The Bertz CT molecular complexity index is 1150. The van der Waals surface area contributed by atoms with Crippen molar-refractivity contribution in [2.75, 3.05) is 33.4 Å². The summed E-state index contributed by atoms with van der Waals surface area (Å²) in [5, 5.41) is 4.69. The van der Waals surface area contributed by atoms with Crippen molar-refractivity contribution in [3.05, 3.63) is 70.8 Å². The quantitative estimate of drug-likeness (QED) is 0.456. The number of hydrogen-bond donors (Lipinski definition) is 0. The van der Waals surface area contributed by atoms with Crippen LogP contribution in [0.2, 0.25) is 5.02 Å². The first-order chi connectivity index (χ1) is 17.0. The highest BCUT2D eigenvalue weighted by Gasteiger charge is 2.33. The summed E-state index contributed by atoms with van der Waals surface area (Å²) in [5.41, 5.74) is 1.06. The molecule has 0 spiro atoms. The fourth-order valence-corrected chi connectivity index (χ4v) is 4.18. The number of hydrogen-bond acceptors (Lipinski definition) is 6. The molecule has 0 N–H and O–H groups in total. The van der Waals surface area contributed by atoms with Crippen molar-refractivity contribution in [3.63, 3.8) is 0 Å². The predicted molar refractivity (Wildman–Crippen MR) is 127 cm³/mol. The lowest BCUT2D eigenvalue weighted by atomic mass is 10.0. The van der Waals surface area contributed by atoms with Gasteiger partial charge in [-0.3, -0.25) is 9.59 Å². The molecule has 1 aliphatic heterocycles. The summed E-state index contributed by atoms with van der Waals surface area (Å²) in [6.45, 7) is 0.856. The predicted octanol–water partition coefficient (Wildman–Crippen LogP) is 4.37. The molecule has 3 aromatic rings. The summed E-state index contributed by atoms with van der Waals surface area (Å²) in [4.78, 5) is 34.1. The molecule has 0 bridgehead atoms. The first-order valence-corrected chi connectivity index (χ1v) is 11.8. The molecule has 2 amide bonds. The number of ether oxygens (including phenoxy) is 1. The molecule has 1 saturated heterocycles. The molecule has 1 fully saturated rings. The number of nitrogens with zero attached hydrogens (tertiary/aromatic N) is 4. The van der Waals surface area contributed by atoms with Crippen LogP contribution in [0.4, 0.5) is 4.39 Å². The monoisotopic (exact) mass is 500 g/mol. The van der Waals surface area contributed by atoms with Gasteiger partial charge in [-0.25, -0.2) is 4.39 Å². The second-order valence-electron chi connectivity index (χ2n) is 8.29. The van der Waals surface area contributed by atoms with Gasteiger partial charge in [-0.1, -0.05) is 16.8 Å². The summed E-state index contributed by atoms with van der Waals surface area (Å²) in [7, 11) is 1.52. The number of likely N-dealkylation sites (tertiary alicyclic amines) is 1. The van der Waals surface area contributed by atoms with Crippen molar-refractivity contribution in [1.29, 1.82) is 0 Å². The lowest BCUT2D eigenvalue weighted by molar-refractivity contribution is -0.136. The van der Waals surface area contributed by atoms with Crippen LogP contribution < -0.4 is 0 Å². The number of methoxy groups -OCH3 is 1. The molecule has 1 unspecified atom stereocenters. The van der Waals surface area contributed by atoms with Gasteiger partial charge in [-0.2, -0.15) is 4.98 Å². The highest BCUT2D eigenvalue weighted by molar-refractivity contribution is 6.30. The molecule has 35 heavy (non-hydrogen) atoms. The van der Waals surface area contributed by atoms with Crippen LogP contribution in [0.25, 0.3) is 11.4 Å². The van der Waals surface area contributed by atoms with E-state index in [9.17, 15) is 14.0 Å². The van der Waals surface area contributed by atoms with Gasteiger partial charge < -0.3 is 19.1 Å². The SMILES string of the molecule is COCCN(CC(=O)N1CCCCC1c1nc(-c2ccc(Cl)cc2)no1)C(=O)c1ccc(F)cc1. The second-order valence-corrected chi connectivity index (χ2v) is 8.72. The van der Waals surface area contributed by atoms with Gasteiger partial charge in [-0.05, 0) is 67.8 Å². The number of amides is 2. The van der Waals surface area contributed by atoms with Crippen molar-refractivity contribution in [2.45, 2.75) is 25.3 Å². The fourth-order valence-electron chi connectivity index (χ4n) is 4.06. The van der Waals surface area contributed by atoms with Gasteiger partial charge >= 0.3 is 0 Å². The van der Waals surface area contributed by atoms with Crippen LogP contribution in [-0.4, -0.2) is 65.1 Å². The first kappa shape index (κ1) is 24.8. The van der Waals surface area contributed by atoms with Gasteiger partial charge in [0.1, 0.15) is 18.4 Å². The second kappa shape index (κ2) is 11.4. The zero-order valence-electron chi connectivity index (χ0n) is 19.3. The topological polar surface area (TPSA) is 88.8 Å². The van der Waals surface area contributed by atoms with Gasteiger partial charge in [0.05, 0.1) is 6.61 Å². The van der Waals surface area contributed by atoms with Gasteiger partial charge in [0.25, 0.3) is 5.91 Å². The molecule has 2 heterocycles. The Morgan fingerprint density at radius 2 is 1.91 bits per heavy atom. The smallest absolute Gasteiger partial charge is 0.254 e. The molecule has 8 nitrogen and oxygen atoms in total. The van der Waals surface area contributed by atoms with Gasteiger partial charge in [0.15, 0.2) is 0 Å². The van der Waals surface area contributed by atoms with Crippen LogP contribution in [0, 0.1) is 5.82 Å². The minimum atomic E-state index is -0.435. The highest BCUT2D eigenvalue weighted by atomic mass is 35.5. The van der Waals surface area contributed by atoms with E-state index in [1.54, 1.807) is 29.2 Å². The maximum absolute atomic E-state index is 13.4. The largest absolute Gasteiger partial charge is 0.383 e. The summed E-state index contributed by atoms with van der Waals surface area (Å²) in [5.74, 6) is -0.256. The Hall–Kier alpha value is -3.30. The van der Waals surface area contributed by atoms with Crippen LogP contribution in [0.15, 0.2) is 53.1 Å². The molecule has 1 aromatic heterocycles. The van der Waals surface area contributed by atoms with E-state index in [-0.39, 0.29) is 37.6 Å². The molecular weight excluding hydrogens is 475 g/mol. The Morgan fingerprint density at radius 3 is 2.63 bits per heavy atom. The van der Waals surface area contributed by atoms with E-state index in [4.69, 9.17) is 20.9 Å². The molecule has 1 aliphatic rings. The van der Waals surface area contributed by atoms with E-state index in [0.29, 0.717) is 35.3 Å². The van der Waals surface area contributed by atoms with E-state index in [1.807, 2.05) is 0 Å². The van der Waals surface area contributed by atoms with E-state index in [2.05, 4.69) is 10.1 Å². The summed E-state index contributed by atoms with van der Waals surface area (Å²) < 4.78 is 24.0. The number of benzene rings is 2. The van der Waals surface area contributed by atoms with Crippen molar-refractivity contribution >= 4 is 23.4 Å². The normalized spacial score (nSPS) is 15.7. The van der Waals surface area contributed by atoms with Gasteiger partial charge in [0.2, 0.25) is 17.6 Å². The van der Waals surface area contributed by atoms with Crippen LogP contribution in [-0.2, 0) is 9.53 Å². The van der Waals surface area contributed by atoms with Crippen LogP contribution in [0.1, 0.15) is 41.6 Å². The van der Waals surface area contributed by atoms with Crippen molar-refractivity contribution < 1.29 is 23.2 Å². The first-order valence-electron chi connectivity index (χ1n) is 11.4. The summed E-state index contributed by atoms with van der Waals surface area (Å²) in [6, 6.07) is 12.0. The van der Waals surface area contributed by atoms with Gasteiger partial charge in [0, 0.05) is 36.3 Å². The summed E-state index contributed by atoms with van der Waals surface area (Å²) >= 11 is 5.96. The third-order valence-electron chi connectivity index (χ3n) is 5.92. The molecule has 1 atom stereocenters. The number of carbonyl (C=O) groups is 2. The maximum atomic E-state index is 13.4. The molecule has 0 radical (unpaired) electrons. The molecule has 184 valence electrons. The average molecular weight is 501 g/mol. The van der Waals surface area contributed by atoms with Gasteiger partial charge in [-0.15, -0.1) is 0 Å². The minimum absolute atomic E-state index is 0.145. The lowest BCUT2D eigenvalue weighted by Crippen LogP contribution is -2.46. The number of rotatable bonds is 8. The number of halogens is 2. The van der Waals surface area contributed by atoms with E-state index in [0.717, 1.165) is 18.4 Å². The van der Waals surface area contributed by atoms with Crippen LogP contribution in [0.3, 0.4) is 0 Å². The molecular formula is C25H26ClFN4O4. The molecule has 10 heteroatoms. The molecule has 0 aliphatic carbocycles. The van der Waals surface area contributed by atoms with Crippen LogP contribution in [0.5, 0.6) is 0 Å². The fraction of sp³-hybridized carbons (Fsp3) is 0.360. The number of aromatic nitrogens is 2. The maximum Gasteiger partial charge on any atom is 0.254 e. The van der Waals surface area contributed by atoms with Crippen LogP contribution >= 0.6 is 11.6 Å². The Kier molecular flexibility index (Phi) is 8.09.